The van der Waals surface area contributed by atoms with Gasteiger partial charge in [-0.25, -0.2) is 19.1 Å². The third kappa shape index (κ3) is 8.29. The minimum atomic E-state index is -2.27. The molecule has 0 unspecified atom stereocenters. The van der Waals surface area contributed by atoms with Crippen LogP contribution in [-0.4, -0.2) is 88.1 Å². The Kier molecular flexibility index (Phi) is 10.5. The number of nitro groups is 1. The maximum Gasteiger partial charge on any atom is 0.342 e. The molecule has 0 amide bonds. The number of aliphatic hydroxyl groups is 2. The molecule has 0 aromatic carbocycles. The quantitative estimate of drug-likeness (QED) is 0.252. The van der Waals surface area contributed by atoms with Gasteiger partial charge >= 0.3 is 17.8 Å². The second-order valence-corrected chi connectivity index (χ2v) is 6.88. The number of carboxylic acids is 2. The van der Waals surface area contributed by atoms with Gasteiger partial charge in [-0.1, -0.05) is 24.0 Å². The first-order chi connectivity index (χ1) is 12.4. The first-order valence-corrected chi connectivity index (χ1v) is 8.61. The average molecular weight is 424 g/mol. The molecule has 1 heterocycles. The number of hydrogen-bond donors (Lipinski definition) is 4. The van der Waals surface area contributed by atoms with Crippen molar-refractivity contribution in [2.24, 2.45) is 0 Å². The summed E-state index contributed by atoms with van der Waals surface area (Å²) in [7, 11) is 3.75. The number of rotatable bonds is 7. The maximum absolute atomic E-state index is 10.7. The van der Waals surface area contributed by atoms with E-state index in [1.807, 2.05) is 19.0 Å². The number of aryl methyl sites for hydroxylation is 1. The van der Waals surface area contributed by atoms with Crippen LogP contribution >= 0.6 is 24.0 Å². The van der Waals surface area contributed by atoms with E-state index < -0.39 is 29.1 Å². The summed E-state index contributed by atoms with van der Waals surface area (Å²) in [4.78, 5) is 35.6. The van der Waals surface area contributed by atoms with E-state index in [-0.39, 0.29) is 5.82 Å². The van der Waals surface area contributed by atoms with Crippen LogP contribution in [0.1, 0.15) is 5.82 Å². The van der Waals surface area contributed by atoms with Crippen molar-refractivity contribution in [2.75, 3.05) is 19.8 Å². The number of carboxylic acid groups (broad SMARTS) is 2. The number of nitrogens with zero attached hydrogens (tertiary/aromatic N) is 4. The summed E-state index contributed by atoms with van der Waals surface area (Å²) in [5.74, 6) is -2.17. The number of aromatic nitrogens is 2. The third-order valence-corrected chi connectivity index (χ3v) is 4.65. The molecular weight excluding hydrogens is 404 g/mol. The molecule has 0 aliphatic rings. The number of aliphatic carboxylic acids is 2. The predicted octanol–water partition coefficient (Wildman–Crippen LogP) is -0.443. The Morgan fingerprint density at radius 1 is 1.33 bits per heavy atom. The summed E-state index contributed by atoms with van der Waals surface area (Å²) < 4.78 is 2.36. The Hall–Kier alpha value is -2.29. The second-order valence-electron chi connectivity index (χ2n) is 5.15. The van der Waals surface area contributed by atoms with Crippen LogP contribution in [0.2, 0.25) is 0 Å². The molecule has 12 nitrogen and oxygen atoms in total. The van der Waals surface area contributed by atoms with Gasteiger partial charge in [0.2, 0.25) is 0 Å². The summed E-state index contributed by atoms with van der Waals surface area (Å²) >= 11 is 6.62. The van der Waals surface area contributed by atoms with Crippen molar-refractivity contribution < 1.29 is 34.9 Å². The summed E-state index contributed by atoms with van der Waals surface area (Å²) in [6, 6.07) is 0. The smallest absolute Gasteiger partial charge is 0.342 e. The highest BCUT2D eigenvalue weighted by atomic mass is 32.2. The lowest BCUT2D eigenvalue weighted by Gasteiger charge is -2.12. The molecule has 1 rings (SSSR count). The van der Waals surface area contributed by atoms with Crippen LogP contribution in [0.15, 0.2) is 6.20 Å². The number of aliphatic hydroxyl groups excluding tert-OH is 2. The van der Waals surface area contributed by atoms with E-state index in [2.05, 4.69) is 4.98 Å². The zero-order chi connectivity index (χ0) is 21.3. The number of thiocarbonyl (C=S) groups is 1. The minimum Gasteiger partial charge on any atom is -0.479 e. The van der Waals surface area contributed by atoms with E-state index in [4.69, 9.17) is 32.6 Å². The fraction of sp³-hybridized carbons (Fsp3) is 0.538. The van der Waals surface area contributed by atoms with Gasteiger partial charge in [0.15, 0.2) is 18.0 Å². The van der Waals surface area contributed by atoms with E-state index in [0.717, 1.165) is 4.32 Å². The van der Waals surface area contributed by atoms with Gasteiger partial charge in [-0.2, -0.15) is 0 Å². The molecule has 0 fully saturated rings. The van der Waals surface area contributed by atoms with E-state index in [1.165, 1.54) is 18.0 Å². The lowest BCUT2D eigenvalue weighted by Crippen LogP contribution is -2.39. The van der Waals surface area contributed by atoms with Crippen LogP contribution in [0, 0.1) is 17.0 Å². The van der Waals surface area contributed by atoms with Crippen molar-refractivity contribution in [1.29, 1.82) is 0 Å². The molecule has 4 N–H and O–H groups in total. The maximum atomic E-state index is 10.7. The first-order valence-electron chi connectivity index (χ1n) is 7.22. The standard InChI is InChI=1S/C9H14N4O2S2.C4H6O6/c1-7-10-6-8(13(14)15)12(7)4-5-17-9(16)11(2)3;5-1(3(7)8)2(6)4(9)10/h6H,4-5H2,1-3H3;1-2,5-6H,(H,7,8)(H,9,10)/t;1-,2-/m.0/s1. The Bertz CT molecular complexity index is 676. The van der Waals surface area contributed by atoms with E-state index in [0.29, 0.717) is 18.1 Å². The minimum absolute atomic E-state index is 0.0267. The van der Waals surface area contributed by atoms with Crippen LogP contribution in [0.25, 0.3) is 0 Å². The topological polar surface area (TPSA) is 179 Å². The van der Waals surface area contributed by atoms with Crippen LogP contribution in [0.4, 0.5) is 5.82 Å². The summed E-state index contributed by atoms with van der Waals surface area (Å²) in [6.07, 6.45) is -3.25. The van der Waals surface area contributed by atoms with Crippen molar-refractivity contribution in [3.05, 3.63) is 22.1 Å². The Balaban J connectivity index is 0.000000580. The zero-order valence-corrected chi connectivity index (χ0v) is 16.3. The van der Waals surface area contributed by atoms with Gasteiger partial charge in [-0.3, -0.25) is 0 Å². The molecule has 0 bridgehead atoms. The Morgan fingerprint density at radius 2 is 1.81 bits per heavy atom. The molecule has 0 aliphatic heterocycles. The van der Waals surface area contributed by atoms with Crippen molar-refractivity contribution >= 4 is 46.1 Å². The number of carbonyl (C=O) groups is 2. The fourth-order valence-electron chi connectivity index (χ4n) is 1.50. The van der Waals surface area contributed by atoms with Crippen molar-refractivity contribution in [2.45, 2.75) is 25.7 Å². The molecule has 1 aromatic rings. The molecule has 27 heavy (non-hydrogen) atoms. The third-order valence-electron chi connectivity index (χ3n) is 2.93. The number of thioether (sulfide) groups is 1. The molecule has 0 radical (unpaired) electrons. The molecular formula is C13H20N4O8S2. The van der Waals surface area contributed by atoms with Crippen LogP contribution in [0.5, 0.6) is 0 Å². The molecule has 2 atom stereocenters. The monoisotopic (exact) mass is 424 g/mol. The molecule has 0 aliphatic carbocycles. The lowest BCUT2D eigenvalue weighted by molar-refractivity contribution is -0.392. The predicted molar refractivity (Wildman–Crippen MR) is 99.6 cm³/mol. The average Bonchev–Trinajstić information content (AvgIpc) is 2.94. The van der Waals surface area contributed by atoms with Crippen LogP contribution in [0.3, 0.4) is 0 Å². The van der Waals surface area contributed by atoms with Crippen molar-refractivity contribution in [3.63, 3.8) is 0 Å². The number of hydrogen-bond acceptors (Lipinski definition) is 9. The fourth-order valence-corrected chi connectivity index (χ4v) is 2.46. The van der Waals surface area contributed by atoms with Crippen molar-refractivity contribution in [1.82, 2.24) is 14.5 Å². The Morgan fingerprint density at radius 3 is 2.19 bits per heavy atom. The second kappa shape index (κ2) is 11.4. The summed E-state index contributed by atoms with van der Waals surface area (Å²) in [6.45, 7) is 2.28. The van der Waals surface area contributed by atoms with Crippen LogP contribution < -0.4 is 0 Å². The zero-order valence-electron chi connectivity index (χ0n) is 14.7. The summed E-state index contributed by atoms with van der Waals surface area (Å²) in [5.41, 5.74) is 0. The van der Waals surface area contributed by atoms with Gasteiger partial charge in [0.25, 0.3) is 0 Å². The van der Waals surface area contributed by atoms with E-state index >= 15 is 0 Å². The highest BCUT2D eigenvalue weighted by molar-refractivity contribution is 8.22. The summed E-state index contributed by atoms with van der Waals surface area (Å²) in [5, 5.41) is 43.3. The van der Waals surface area contributed by atoms with E-state index in [9.17, 15) is 19.7 Å². The van der Waals surface area contributed by atoms with Crippen molar-refractivity contribution in [3.8, 4) is 0 Å². The molecule has 14 heteroatoms. The van der Waals surface area contributed by atoms with Gasteiger partial charge in [0.1, 0.15) is 17.1 Å². The molecule has 0 saturated carbocycles. The van der Waals surface area contributed by atoms with Gasteiger partial charge in [-0.05, 0) is 4.92 Å². The van der Waals surface area contributed by atoms with Gasteiger partial charge in [0, 0.05) is 26.8 Å². The molecule has 0 saturated heterocycles. The SMILES string of the molecule is Cc1ncc([N+](=O)[O-])n1CCSC(=S)N(C)C.O=C(O)[C@@H](O)[C@H](O)C(=O)O. The number of imidazole rings is 1. The molecule has 0 spiro atoms. The lowest BCUT2D eigenvalue weighted by atomic mass is 10.2. The van der Waals surface area contributed by atoms with Gasteiger partial charge in [-0.15, -0.1) is 0 Å². The van der Waals surface area contributed by atoms with Crippen LogP contribution in [-0.2, 0) is 16.1 Å². The molecule has 1 aromatic heterocycles. The van der Waals surface area contributed by atoms with Gasteiger partial charge in [0.05, 0.1) is 0 Å². The van der Waals surface area contributed by atoms with E-state index in [1.54, 1.807) is 11.5 Å². The highest BCUT2D eigenvalue weighted by Gasteiger charge is 2.29. The molecule has 152 valence electrons. The van der Waals surface area contributed by atoms with Gasteiger partial charge < -0.3 is 35.4 Å². The normalized spacial score (nSPS) is 12.3. The highest BCUT2D eigenvalue weighted by Crippen LogP contribution is 2.15. The first kappa shape index (κ1) is 24.7. The Labute approximate surface area is 163 Å². The largest absolute Gasteiger partial charge is 0.479 e.